The van der Waals surface area contributed by atoms with Crippen LogP contribution in [0.5, 0.6) is 17.4 Å². The summed E-state index contributed by atoms with van der Waals surface area (Å²) in [6, 6.07) is 19.2. The van der Waals surface area contributed by atoms with E-state index in [1.165, 1.54) is 0 Å². The van der Waals surface area contributed by atoms with Gasteiger partial charge in [-0.2, -0.15) is 5.10 Å². The molecule has 29 heavy (non-hydrogen) atoms. The van der Waals surface area contributed by atoms with Crippen molar-refractivity contribution in [2.24, 2.45) is 0 Å². The molecule has 2 aromatic carbocycles. The van der Waals surface area contributed by atoms with Gasteiger partial charge in [-0.25, -0.2) is 4.68 Å². The first-order valence-corrected chi connectivity index (χ1v) is 8.78. The van der Waals surface area contributed by atoms with Crippen molar-refractivity contribution in [3.8, 4) is 23.2 Å². The zero-order valence-corrected chi connectivity index (χ0v) is 15.5. The van der Waals surface area contributed by atoms with Gasteiger partial charge in [0.1, 0.15) is 11.5 Å². The molecule has 1 amide bonds. The number of nitrogens with zero attached hydrogens (tertiary/aromatic N) is 4. The molecule has 0 aliphatic heterocycles. The normalized spacial score (nSPS) is 10.4. The lowest BCUT2D eigenvalue weighted by Gasteiger charge is -2.08. The number of nitrogens with one attached hydrogen (secondary N) is 1. The van der Waals surface area contributed by atoms with Gasteiger partial charge in [-0.05, 0) is 54.6 Å². The third-order valence-electron chi connectivity index (χ3n) is 4.03. The second-order valence-electron chi connectivity index (χ2n) is 5.99. The Kier molecular flexibility index (Phi) is 5.15. The monoisotopic (exact) mass is 387 g/mol. The molecule has 0 aliphatic carbocycles. The average molecular weight is 387 g/mol. The summed E-state index contributed by atoms with van der Waals surface area (Å²) >= 11 is 0. The Morgan fingerprint density at radius 1 is 0.966 bits per heavy atom. The second-order valence-corrected chi connectivity index (χ2v) is 5.99. The molecular weight excluding hydrogens is 370 g/mol. The van der Waals surface area contributed by atoms with Crippen LogP contribution >= 0.6 is 0 Å². The first-order valence-electron chi connectivity index (χ1n) is 8.78. The molecule has 0 fully saturated rings. The van der Waals surface area contributed by atoms with Gasteiger partial charge < -0.3 is 14.8 Å². The van der Waals surface area contributed by atoms with Crippen molar-refractivity contribution in [3.63, 3.8) is 0 Å². The van der Waals surface area contributed by atoms with Crippen LogP contribution in [0.1, 0.15) is 10.4 Å². The van der Waals surface area contributed by atoms with Crippen molar-refractivity contribution < 1.29 is 14.3 Å². The number of ether oxygens (including phenoxy) is 2. The molecule has 0 radical (unpaired) electrons. The molecule has 2 heterocycles. The van der Waals surface area contributed by atoms with E-state index in [9.17, 15) is 4.79 Å². The highest BCUT2D eigenvalue weighted by molar-refractivity contribution is 6.04. The molecular formula is C21H17N5O3. The van der Waals surface area contributed by atoms with Crippen LogP contribution in [0.25, 0.3) is 5.82 Å². The molecule has 2 aromatic heterocycles. The standard InChI is InChI=1S/C21H17N5O3/c1-28-18-5-2-4-15(14-18)21(27)23-16-6-8-17(9-7-16)29-20-11-10-19(24-25-20)26-13-3-12-22-26/h2-14H,1H3,(H,23,27). The molecule has 4 aromatic rings. The van der Waals surface area contributed by atoms with Gasteiger partial charge in [-0.1, -0.05) is 6.07 Å². The number of anilines is 1. The van der Waals surface area contributed by atoms with Crippen LogP contribution in [-0.4, -0.2) is 33.0 Å². The molecule has 0 saturated carbocycles. The van der Waals surface area contributed by atoms with Crippen molar-refractivity contribution in [2.45, 2.75) is 0 Å². The molecule has 8 heteroatoms. The SMILES string of the molecule is COc1cccc(C(=O)Nc2ccc(Oc3ccc(-n4cccn4)nn3)cc2)c1. The molecule has 0 aliphatic rings. The largest absolute Gasteiger partial charge is 0.497 e. The third kappa shape index (κ3) is 4.38. The number of rotatable bonds is 6. The van der Waals surface area contributed by atoms with Crippen molar-refractivity contribution in [3.05, 3.63) is 84.7 Å². The lowest BCUT2D eigenvalue weighted by molar-refractivity contribution is 0.102. The molecule has 0 unspecified atom stereocenters. The molecule has 0 bridgehead atoms. The van der Waals surface area contributed by atoms with E-state index < -0.39 is 0 Å². The number of aromatic nitrogens is 4. The Labute approximate surface area is 166 Å². The summed E-state index contributed by atoms with van der Waals surface area (Å²) in [6.07, 6.45) is 3.45. The summed E-state index contributed by atoms with van der Waals surface area (Å²) in [5, 5.41) is 15.1. The maximum Gasteiger partial charge on any atom is 0.255 e. The summed E-state index contributed by atoms with van der Waals surface area (Å²) in [4.78, 5) is 12.4. The Balaban J connectivity index is 1.39. The van der Waals surface area contributed by atoms with E-state index in [4.69, 9.17) is 9.47 Å². The van der Waals surface area contributed by atoms with Gasteiger partial charge in [0.25, 0.3) is 5.91 Å². The predicted molar refractivity (Wildman–Crippen MR) is 107 cm³/mol. The zero-order chi connectivity index (χ0) is 20.1. The molecule has 0 spiro atoms. The first kappa shape index (κ1) is 18.2. The van der Waals surface area contributed by atoms with Crippen LogP contribution in [0.3, 0.4) is 0 Å². The van der Waals surface area contributed by atoms with Gasteiger partial charge in [-0.3, -0.25) is 4.79 Å². The smallest absolute Gasteiger partial charge is 0.255 e. The maximum absolute atomic E-state index is 12.4. The van der Waals surface area contributed by atoms with Crippen molar-refractivity contribution in [1.29, 1.82) is 0 Å². The fraction of sp³-hybridized carbons (Fsp3) is 0.0476. The predicted octanol–water partition coefficient (Wildman–Crippen LogP) is 3.72. The number of carbonyl (C=O) groups excluding carboxylic acids is 1. The number of benzene rings is 2. The Morgan fingerprint density at radius 3 is 2.52 bits per heavy atom. The van der Waals surface area contributed by atoms with Crippen LogP contribution in [-0.2, 0) is 0 Å². The minimum absolute atomic E-state index is 0.224. The Bertz CT molecular complexity index is 1090. The topological polar surface area (TPSA) is 91.2 Å². The highest BCUT2D eigenvalue weighted by Crippen LogP contribution is 2.22. The van der Waals surface area contributed by atoms with Crippen LogP contribution in [0.15, 0.2) is 79.1 Å². The first-order chi connectivity index (χ1) is 14.2. The van der Waals surface area contributed by atoms with Gasteiger partial charge in [0, 0.05) is 29.7 Å². The van der Waals surface area contributed by atoms with Gasteiger partial charge in [0.15, 0.2) is 5.82 Å². The van der Waals surface area contributed by atoms with Crippen LogP contribution in [0, 0.1) is 0 Å². The molecule has 1 N–H and O–H groups in total. The summed E-state index contributed by atoms with van der Waals surface area (Å²) in [6.45, 7) is 0. The lowest BCUT2D eigenvalue weighted by Crippen LogP contribution is -2.11. The number of amides is 1. The third-order valence-corrected chi connectivity index (χ3v) is 4.03. The molecule has 0 atom stereocenters. The minimum Gasteiger partial charge on any atom is -0.497 e. The lowest BCUT2D eigenvalue weighted by atomic mass is 10.2. The fourth-order valence-electron chi connectivity index (χ4n) is 2.59. The van der Waals surface area contributed by atoms with E-state index in [0.717, 1.165) is 0 Å². The summed E-state index contributed by atoms with van der Waals surface area (Å²) in [7, 11) is 1.56. The summed E-state index contributed by atoms with van der Waals surface area (Å²) in [5.74, 6) is 1.93. The highest BCUT2D eigenvalue weighted by atomic mass is 16.5. The van der Waals surface area contributed by atoms with Crippen LogP contribution in [0.4, 0.5) is 5.69 Å². The fourth-order valence-corrected chi connectivity index (χ4v) is 2.59. The van der Waals surface area contributed by atoms with Crippen molar-refractivity contribution >= 4 is 11.6 Å². The van der Waals surface area contributed by atoms with Crippen LogP contribution in [0.2, 0.25) is 0 Å². The van der Waals surface area contributed by atoms with E-state index in [1.54, 1.807) is 90.9 Å². The van der Waals surface area contributed by atoms with E-state index in [1.807, 2.05) is 0 Å². The number of carbonyl (C=O) groups is 1. The van der Waals surface area contributed by atoms with Crippen LogP contribution < -0.4 is 14.8 Å². The van der Waals surface area contributed by atoms with Crippen molar-refractivity contribution in [2.75, 3.05) is 12.4 Å². The van der Waals surface area contributed by atoms with Crippen molar-refractivity contribution in [1.82, 2.24) is 20.0 Å². The molecule has 0 saturated heterocycles. The summed E-state index contributed by atoms with van der Waals surface area (Å²) < 4.78 is 12.4. The number of hydrogen-bond acceptors (Lipinski definition) is 6. The second kappa shape index (κ2) is 8.22. The average Bonchev–Trinajstić information content (AvgIpc) is 3.31. The van der Waals surface area contributed by atoms with Gasteiger partial charge >= 0.3 is 0 Å². The van der Waals surface area contributed by atoms with Gasteiger partial charge in [0.05, 0.1) is 7.11 Å². The quantitative estimate of drug-likeness (QED) is 0.542. The Hall–Kier alpha value is -4.20. The number of hydrogen-bond donors (Lipinski definition) is 1. The van der Waals surface area contributed by atoms with E-state index in [-0.39, 0.29) is 5.91 Å². The molecule has 8 nitrogen and oxygen atoms in total. The minimum atomic E-state index is -0.224. The Morgan fingerprint density at radius 2 is 1.83 bits per heavy atom. The van der Waals surface area contributed by atoms with E-state index >= 15 is 0 Å². The highest BCUT2D eigenvalue weighted by Gasteiger charge is 2.08. The van der Waals surface area contributed by atoms with Gasteiger partial charge in [0.2, 0.25) is 5.88 Å². The van der Waals surface area contributed by atoms with Gasteiger partial charge in [-0.15, -0.1) is 10.2 Å². The van der Waals surface area contributed by atoms with E-state index in [0.29, 0.717) is 34.4 Å². The maximum atomic E-state index is 12.4. The number of methoxy groups -OCH3 is 1. The summed E-state index contributed by atoms with van der Waals surface area (Å²) in [5.41, 5.74) is 1.16. The zero-order valence-electron chi connectivity index (χ0n) is 15.5. The van der Waals surface area contributed by atoms with E-state index in [2.05, 4.69) is 20.6 Å². The molecule has 144 valence electrons. The molecule has 4 rings (SSSR count).